The molecule has 0 unspecified atom stereocenters. The average molecular weight is 209 g/mol. The van der Waals surface area contributed by atoms with Crippen LogP contribution in [0.2, 0.25) is 0 Å². The molecular weight excluding hydrogens is 202 g/mol. The van der Waals surface area contributed by atoms with Crippen LogP contribution in [0.25, 0.3) is 0 Å². The van der Waals surface area contributed by atoms with Crippen LogP contribution >= 0.6 is 0 Å². The number of rotatable bonds is 1. The van der Waals surface area contributed by atoms with Crippen LogP contribution in [-0.4, -0.2) is 22.6 Å². The molecule has 6 heteroatoms. The summed E-state index contributed by atoms with van der Waals surface area (Å²) in [5.74, 6) is -1.58. The highest BCUT2D eigenvalue weighted by Crippen LogP contribution is 2.48. The van der Waals surface area contributed by atoms with Crippen LogP contribution in [0.1, 0.15) is 23.4 Å². The third-order valence-electron chi connectivity index (χ3n) is 2.60. The first kappa shape index (κ1) is 8.34. The largest absolute Gasteiger partial charge is 0.475 e. The molecule has 15 heavy (non-hydrogen) atoms. The Morgan fingerprint density at radius 1 is 1.53 bits per heavy atom. The fourth-order valence-electron chi connectivity index (χ4n) is 1.60. The second kappa shape index (κ2) is 2.33. The van der Waals surface area contributed by atoms with Gasteiger partial charge in [-0.05, 0) is 0 Å². The lowest BCUT2D eigenvalue weighted by atomic mass is 10.2. The fraction of sp³-hybridized carbons (Fsp3) is 0.333. The third-order valence-corrected chi connectivity index (χ3v) is 2.60. The molecule has 1 aromatic heterocycles. The molecule has 0 atom stereocenters. The summed E-state index contributed by atoms with van der Waals surface area (Å²) in [7, 11) is 0. The van der Waals surface area contributed by atoms with Gasteiger partial charge in [0.2, 0.25) is 0 Å². The van der Waals surface area contributed by atoms with Crippen molar-refractivity contribution in [3.05, 3.63) is 12.0 Å². The third kappa shape index (κ3) is 0.984. The van der Waals surface area contributed by atoms with Gasteiger partial charge in [0, 0.05) is 12.8 Å². The van der Waals surface area contributed by atoms with Crippen LogP contribution in [0.5, 0.6) is 5.75 Å². The van der Waals surface area contributed by atoms with Gasteiger partial charge in [-0.2, -0.15) is 0 Å². The highest BCUT2D eigenvalue weighted by molar-refractivity contribution is 6.04. The first-order valence-corrected chi connectivity index (χ1v) is 4.48. The minimum Gasteiger partial charge on any atom is -0.475 e. The number of amides is 1. The SMILES string of the molecule is O=C(O)c1occ2c1OC1(CC1)C(=O)N2. The summed E-state index contributed by atoms with van der Waals surface area (Å²) in [6, 6.07) is 0. The van der Waals surface area contributed by atoms with E-state index in [2.05, 4.69) is 5.32 Å². The summed E-state index contributed by atoms with van der Waals surface area (Å²) in [5, 5.41) is 11.4. The summed E-state index contributed by atoms with van der Waals surface area (Å²) < 4.78 is 10.2. The highest BCUT2D eigenvalue weighted by Gasteiger charge is 2.56. The number of carbonyl (C=O) groups is 2. The Morgan fingerprint density at radius 2 is 2.27 bits per heavy atom. The van der Waals surface area contributed by atoms with Crippen LogP contribution in [0, 0.1) is 0 Å². The number of carboxylic acids is 1. The predicted molar refractivity (Wildman–Crippen MR) is 46.9 cm³/mol. The number of anilines is 1. The Kier molecular flexibility index (Phi) is 1.30. The number of nitrogens with one attached hydrogen (secondary N) is 1. The summed E-state index contributed by atoms with van der Waals surface area (Å²) in [5.41, 5.74) is -0.559. The number of hydrogen-bond donors (Lipinski definition) is 2. The predicted octanol–water partition coefficient (Wildman–Crippen LogP) is 0.841. The summed E-state index contributed by atoms with van der Waals surface area (Å²) in [4.78, 5) is 22.3. The van der Waals surface area contributed by atoms with Crippen molar-refractivity contribution in [3.8, 4) is 5.75 Å². The number of aromatic carboxylic acids is 1. The smallest absolute Gasteiger partial charge is 0.375 e. The molecule has 1 spiro atoms. The molecule has 3 rings (SSSR count). The Morgan fingerprint density at radius 3 is 2.87 bits per heavy atom. The van der Waals surface area contributed by atoms with Gasteiger partial charge < -0.3 is 19.6 Å². The van der Waals surface area contributed by atoms with E-state index in [0.29, 0.717) is 12.8 Å². The van der Waals surface area contributed by atoms with Crippen molar-refractivity contribution in [1.82, 2.24) is 0 Å². The van der Waals surface area contributed by atoms with Crippen molar-refractivity contribution in [1.29, 1.82) is 0 Å². The molecule has 1 aromatic rings. The molecule has 1 saturated carbocycles. The normalized spacial score (nSPS) is 20.4. The van der Waals surface area contributed by atoms with Crippen molar-refractivity contribution in [2.24, 2.45) is 0 Å². The van der Waals surface area contributed by atoms with Crippen LogP contribution in [0.15, 0.2) is 10.7 Å². The zero-order chi connectivity index (χ0) is 10.6. The minimum absolute atomic E-state index is 0.125. The number of carbonyl (C=O) groups excluding carboxylic acids is 1. The van der Waals surface area contributed by atoms with Crippen molar-refractivity contribution in [2.45, 2.75) is 18.4 Å². The van der Waals surface area contributed by atoms with Gasteiger partial charge in [0.05, 0.1) is 0 Å². The molecule has 1 fully saturated rings. The quantitative estimate of drug-likeness (QED) is 0.715. The van der Waals surface area contributed by atoms with Crippen LogP contribution in [0.4, 0.5) is 5.69 Å². The van der Waals surface area contributed by atoms with E-state index in [4.69, 9.17) is 14.3 Å². The van der Waals surface area contributed by atoms with Gasteiger partial charge in [0.25, 0.3) is 11.7 Å². The maximum absolute atomic E-state index is 11.5. The molecule has 0 bridgehead atoms. The Balaban J connectivity index is 2.08. The average Bonchev–Trinajstić information content (AvgIpc) is 2.82. The van der Waals surface area contributed by atoms with Crippen LogP contribution in [-0.2, 0) is 4.79 Å². The molecule has 2 aliphatic rings. The maximum atomic E-state index is 11.5. The van der Waals surface area contributed by atoms with E-state index in [0.717, 1.165) is 0 Å². The van der Waals surface area contributed by atoms with Gasteiger partial charge in [-0.1, -0.05) is 0 Å². The molecule has 2 N–H and O–H groups in total. The fourth-order valence-corrected chi connectivity index (χ4v) is 1.60. The topological polar surface area (TPSA) is 88.8 Å². The van der Waals surface area contributed by atoms with E-state index in [1.54, 1.807) is 0 Å². The molecule has 78 valence electrons. The number of fused-ring (bicyclic) bond motifs is 1. The lowest BCUT2D eigenvalue weighted by Gasteiger charge is -2.22. The van der Waals surface area contributed by atoms with Crippen molar-refractivity contribution >= 4 is 17.6 Å². The second-order valence-corrected chi connectivity index (χ2v) is 3.66. The Hall–Kier alpha value is -1.98. The number of carboxylic acid groups (broad SMARTS) is 1. The van der Waals surface area contributed by atoms with Gasteiger partial charge >= 0.3 is 5.97 Å². The Bertz CT molecular complexity index is 471. The van der Waals surface area contributed by atoms with E-state index in [1.165, 1.54) is 6.26 Å². The lowest BCUT2D eigenvalue weighted by Crippen LogP contribution is -2.38. The van der Waals surface area contributed by atoms with E-state index >= 15 is 0 Å². The van der Waals surface area contributed by atoms with Gasteiger partial charge in [-0.15, -0.1) is 0 Å². The van der Waals surface area contributed by atoms with Crippen LogP contribution < -0.4 is 10.1 Å². The van der Waals surface area contributed by atoms with Gasteiger partial charge in [0.15, 0.2) is 11.4 Å². The first-order valence-electron chi connectivity index (χ1n) is 4.48. The molecule has 1 amide bonds. The van der Waals surface area contributed by atoms with E-state index in [-0.39, 0.29) is 23.1 Å². The number of ether oxygens (including phenoxy) is 1. The van der Waals surface area contributed by atoms with Gasteiger partial charge in [-0.25, -0.2) is 4.79 Å². The molecule has 2 heterocycles. The summed E-state index contributed by atoms with van der Waals surface area (Å²) in [6.45, 7) is 0. The van der Waals surface area contributed by atoms with E-state index in [1.807, 2.05) is 0 Å². The molecule has 6 nitrogen and oxygen atoms in total. The molecule has 0 aromatic carbocycles. The zero-order valence-corrected chi connectivity index (χ0v) is 7.57. The standard InChI is InChI=1S/C9H7NO5/c11-7(12)6-5-4(3-14-6)10-8(13)9(15-5)1-2-9/h3H,1-2H2,(H,10,13)(H,11,12). The minimum atomic E-state index is -1.21. The lowest BCUT2D eigenvalue weighted by molar-refractivity contribution is -0.125. The summed E-state index contributed by atoms with van der Waals surface area (Å²) in [6.07, 6.45) is 2.40. The van der Waals surface area contributed by atoms with E-state index in [9.17, 15) is 9.59 Å². The maximum Gasteiger partial charge on any atom is 0.375 e. The summed E-state index contributed by atoms with van der Waals surface area (Å²) >= 11 is 0. The van der Waals surface area contributed by atoms with Crippen LogP contribution in [0.3, 0.4) is 0 Å². The van der Waals surface area contributed by atoms with Gasteiger partial charge in [0.1, 0.15) is 12.0 Å². The van der Waals surface area contributed by atoms with Crippen molar-refractivity contribution < 1.29 is 23.8 Å². The zero-order valence-electron chi connectivity index (χ0n) is 7.57. The molecular formula is C9H7NO5. The number of furan rings is 1. The van der Waals surface area contributed by atoms with Gasteiger partial charge in [-0.3, -0.25) is 4.79 Å². The molecule has 1 aliphatic carbocycles. The molecule has 0 radical (unpaired) electrons. The monoisotopic (exact) mass is 209 g/mol. The number of hydrogen-bond acceptors (Lipinski definition) is 4. The van der Waals surface area contributed by atoms with E-state index < -0.39 is 11.6 Å². The van der Waals surface area contributed by atoms with Crippen molar-refractivity contribution in [3.63, 3.8) is 0 Å². The second-order valence-electron chi connectivity index (χ2n) is 3.66. The highest BCUT2D eigenvalue weighted by atomic mass is 16.5. The van der Waals surface area contributed by atoms with Crippen molar-refractivity contribution in [2.75, 3.05) is 5.32 Å². The Labute approximate surface area is 83.8 Å². The molecule has 0 saturated heterocycles. The first-order chi connectivity index (χ1) is 7.12. The molecule has 1 aliphatic heterocycles.